The second kappa shape index (κ2) is 6.41. The molecule has 4 aliphatic rings. The van der Waals surface area contributed by atoms with E-state index in [1.54, 1.807) is 14.2 Å². The fraction of sp³-hybridized carbons (Fsp3) is 0.565. The van der Waals surface area contributed by atoms with Crippen LogP contribution in [0.4, 0.5) is 0 Å². The molecule has 1 fully saturated rings. The summed E-state index contributed by atoms with van der Waals surface area (Å²) in [5, 5.41) is 9.93. The number of nitrogens with zero attached hydrogens (tertiary/aromatic N) is 2. The van der Waals surface area contributed by atoms with Gasteiger partial charge in [0.2, 0.25) is 0 Å². The van der Waals surface area contributed by atoms with Crippen LogP contribution in [0.3, 0.4) is 0 Å². The number of benzene rings is 1. The molecule has 6 heteroatoms. The molecule has 1 aromatic rings. The summed E-state index contributed by atoms with van der Waals surface area (Å²) >= 11 is 0. The minimum Gasteiger partial charge on any atom is -0.389 e. The molecule has 0 radical (unpaired) electrons. The third-order valence-corrected chi connectivity index (χ3v) is 7.73. The third-order valence-electron chi connectivity index (χ3n) is 7.73. The monoisotopic (exact) mass is 395 g/mol. The molecule has 5 rings (SSSR count). The Hall–Kier alpha value is -2.18. The molecule has 0 aromatic heterocycles. The Morgan fingerprint density at radius 1 is 1.28 bits per heavy atom. The van der Waals surface area contributed by atoms with Gasteiger partial charge in [-0.05, 0) is 73.3 Å². The van der Waals surface area contributed by atoms with Crippen LogP contribution in [-0.2, 0) is 21.5 Å². The number of guanidine groups is 1. The highest BCUT2D eigenvalue weighted by Gasteiger charge is 2.66. The predicted octanol–water partition coefficient (Wildman–Crippen LogP) is 2.34. The maximum atomic E-state index is 13.7. The molecule has 6 nitrogen and oxygen atoms in total. The molecule has 2 spiro atoms. The van der Waals surface area contributed by atoms with Crippen molar-refractivity contribution in [3.05, 3.63) is 41.0 Å². The number of aliphatic hydroxyl groups excluding tert-OH is 1. The zero-order chi connectivity index (χ0) is 20.4. The third kappa shape index (κ3) is 2.48. The number of likely N-dealkylation sites (N-methyl/N-ethyl adjacent to an activating group) is 1. The summed E-state index contributed by atoms with van der Waals surface area (Å²) in [4.78, 5) is 20.1. The first-order valence-electron chi connectivity index (χ1n) is 10.6. The van der Waals surface area contributed by atoms with Crippen LogP contribution in [0.5, 0.6) is 0 Å². The van der Waals surface area contributed by atoms with Crippen molar-refractivity contribution in [3.8, 4) is 0 Å². The highest BCUT2D eigenvalue weighted by atomic mass is 16.5. The first-order valence-corrected chi connectivity index (χ1v) is 10.6. The lowest BCUT2D eigenvalue weighted by molar-refractivity contribution is -0.137. The lowest BCUT2D eigenvalue weighted by Crippen LogP contribution is -2.51. The summed E-state index contributed by atoms with van der Waals surface area (Å²) in [7, 11) is 3.49. The minimum atomic E-state index is -0.937. The Balaban J connectivity index is 1.65. The van der Waals surface area contributed by atoms with Gasteiger partial charge in [-0.1, -0.05) is 18.2 Å². The number of carbonyl (C=O) groups excluding carboxylic acids is 1. The van der Waals surface area contributed by atoms with Crippen molar-refractivity contribution in [2.24, 2.45) is 16.1 Å². The number of allylic oxidation sites excluding steroid dienone is 1. The molecule has 0 saturated heterocycles. The Labute approximate surface area is 171 Å². The standard InChI is InChI=1S/C23H29N3O3/c1-26-20(28)23(25-21(26)24)19-12-15(14-5-6-17(27)11-14)3-4-16(19)13-22(23)9-7-18(29-2)8-10-22/h3-4,11-12,17-18,27H,5-10,13H2,1-2H3,(H2,24,25). The second-order valence-corrected chi connectivity index (χ2v) is 9.11. The molecule has 3 aliphatic carbocycles. The SMILES string of the molecule is COC1CCC2(CC1)Cc1ccc(C3=CC(O)CC3)cc1C21N=C(N)N(C)C1=O. The molecular formula is C23H29N3O3. The Kier molecular flexibility index (Phi) is 4.16. The molecule has 1 aromatic carbocycles. The highest BCUT2D eigenvalue weighted by molar-refractivity contribution is 6.08. The Morgan fingerprint density at radius 2 is 2.03 bits per heavy atom. The molecule has 2 atom stereocenters. The average molecular weight is 396 g/mol. The van der Waals surface area contributed by atoms with E-state index in [9.17, 15) is 9.90 Å². The molecule has 2 unspecified atom stereocenters. The number of hydrogen-bond donors (Lipinski definition) is 2. The second-order valence-electron chi connectivity index (χ2n) is 9.11. The van der Waals surface area contributed by atoms with E-state index in [0.29, 0.717) is 5.96 Å². The molecule has 1 aliphatic heterocycles. The number of nitrogens with two attached hydrogens (primary N) is 1. The van der Waals surface area contributed by atoms with Crippen LogP contribution in [0.1, 0.15) is 55.2 Å². The van der Waals surface area contributed by atoms with Crippen molar-refractivity contribution in [2.75, 3.05) is 14.2 Å². The van der Waals surface area contributed by atoms with Gasteiger partial charge in [-0.25, -0.2) is 4.99 Å². The molecular weight excluding hydrogens is 366 g/mol. The van der Waals surface area contributed by atoms with Gasteiger partial charge < -0.3 is 15.6 Å². The fourth-order valence-corrected chi connectivity index (χ4v) is 6.07. The van der Waals surface area contributed by atoms with Crippen molar-refractivity contribution in [2.45, 2.75) is 62.7 Å². The number of hydrogen-bond acceptors (Lipinski definition) is 5. The number of aliphatic hydroxyl groups is 1. The van der Waals surface area contributed by atoms with Gasteiger partial charge in [0.05, 0.1) is 12.2 Å². The van der Waals surface area contributed by atoms with E-state index >= 15 is 0 Å². The Bertz CT molecular complexity index is 929. The summed E-state index contributed by atoms with van der Waals surface area (Å²) in [6.45, 7) is 0. The zero-order valence-corrected chi connectivity index (χ0v) is 17.1. The van der Waals surface area contributed by atoms with Gasteiger partial charge in [-0.15, -0.1) is 0 Å². The van der Waals surface area contributed by atoms with Crippen molar-refractivity contribution >= 4 is 17.4 Å². The smallest absolute Gasteiger partial charge is 0.262 e. The topological polar surface area (TPSA) is 88.2 Å². The lowest BCUT2D eigenvalue weighted by atomic mass is 9.61. The number of fused-ring (bicyclic) bond motifs is 3. The molecule has 1 amide bonds. The molecule has 29 heavy (non-hydrogen) atoms. The van der Waals surface area contributed by atoms with Crippen molar-refractivity contribution in [3.63, 3.8) is 0 Å². The molecule has 1 saturated carbocycles. The van der Waals surface area contributed by atoms with E-state index < -0.39 is 5.54 Å². The zero-order valence-electron chi connectivity index (χ0n) is 17.1. The van der Waals surface area contributed by atoms with Crippen LogP contribution in [0, 0.1) is 5.41 Å². The maximum absolute atomic E-state index is 13.7. The van der Waals surface area contributed by atoms with Crippen molar-refractivity contribution < 1.29 is 14.6 Å². The van der Waals surface area contributed by atoms with Gasteiger partial charge in [0.25, 0.3) is 5.91 Å². The van der Waals surface area contributed by atoms with Crippen molar-refractivity contribution in [1.29, 1.82) is 0 Å². The number of methoxy groups -OCH3 is 1. The van der Waals surface area contributed by atoms with E-state index in [2.05, 4.69) is 18.2 Å². The summed E-state index contributed by atoms with van der Waals surface area (Å²) in [6.07, 6.45) is 7.92. The molecule has 154 valence electrons. The normalized spacial score (nSPS) is 36.1. The quantitative estimate of drug-likeness (QED) is 0.805. The van der Waals surface area contributed by atoms with Gasteiger partial charge in [0.1, 0.15) is 0 Å². The first-order chi connectivity index (χ1) is 13.9. The minimum absolute atomic E-state index is 0.0118. The van der Waals surface area contributed by atoms with Gasteiger partial charge in [-0.2, -0.15) is 0 Å². The predicted molar refractivity (Wildman–Crippen MR) is 111 cm³/mol. The van der Waals surface area contributed by atoms with E-state index in [1.807, 2.05) is 6.08 Å². The van der Waals surface area contributed by atoms with Crippen LogP contribution in [0.25, 0.3) is 5.57 Å². The number of amides is 1. The van der Waals surface area contributed by atoms with Crippen LogP contribution in [0.2, 0.25) is 0 Å². The number of carbonyl (C=O) groups is 1. The lowest BCUT2D eigenvalue weighted by Gasteiger charge is -2.45. The average Bonchev–Trinajstić information content (AvgIpc) is 3.34. The largest absolute Gasteiger partial charge is 0.389 e. The highest BCUT2D eigenvalue weighted by Crippen LogP contribution is 2.62. The van der Waals surface area contributed by atoms with E-state index in [1.165, 1.54) is 10.5 Å². The summed E-state index contributed by atoms with van der Waals surface area (Å²) < 4.78 is 5.60. The summed E-state index contributed by atoms with van der Waals surface area (Å²) in [6, 6.07) is 6.43. The van der Waals surface area contributed by atoms with Crippen LogP contribution in [-0.4, -0.2) is 48.2 Å². The van der Waals surface area contributed by atoms with Gasteiger partial charge >= 0.3 is 0 Å². The summed E-state index contributed by atoms with van der Waals surface area (Å²) in [5.74, 6) is 0.291. The first kappa shape index (κ1) is 18.8. The van der Waals surface area contributed by atoms with Crippen LogP contribution >= 0.6 is 0 Å². The molecule has 3 N–H and O–H groups in total. The van der Waals surface area contributed by atoms with E-state index in [4.69, 9.17) is 15.5 Å². The number of aliphatic imine (C=N–C) groups is 1. The number of rotatable bonds is 2. The number of ether oxygens (including phenoxy) is 1. The van der Waals surface area contributed by atoms with Gasteiger partial charge in [0, 0.05) is 19.6 Å². The van der Waals surface area contributed by atoms with Crippen molar-refractivity contribution in [1.82, 2.24) is 4.90 Å². The maximum Gasteiger partial charge on any atom is 0.262 e. The van der Waals surface area contributed by atoms with Crippen LogP contribution in [0.15, 0.2) is 29.3 Å². The fourth-order valence-electron chi connectivity index (χ4n) is 6.07. The van der Waals surface area contributed by atoms with E-state index in [0.717, 1.165) is 61.6 Å². The molecule has 0 bridgehead atoms. The summed E-state index contributed by atoms with van der Waals surface area (Å²) in [5.41, 5.74) is 9.43. The Morgan fingerprint density at radius 3 is 2.62 bits per heavy atom. The van der Waals surface area contributed by atoms with E-state index in [-0.39, 0.29) is 23.5 Å². The van der Waals surface area contributed by atoms with Crippen LogP contribution < -0.4 is 5.73 Å². The van der Waals surface area contributed by atoms with Gasteiger partial charge in [-0.3, -0.25) is 9.69 Å². The van der Waals surface area contributed by atoms with Gasteiger partial charge in [0.15, 0.2) is 11.5 Å². The molecule has 1 heterocycles.